The maximum Gasteiger partial charge on any atom is 0.425 e. The van der Waals surface area contributed by atoms with Crippen molar-refractivity contribution in [2.75, 3.05) is 0 Å². The normalized spacial score (nSPS) is 27.5. The van der Waals surface area contributed by atoms with Gasteiger partial charge in [0.2, 0.25) is 0 Å². The SMILES string of the molecule is CC/C(=C(/F)C1=CC=C(c2ccc(C3CCC(C)CC3)cc2)CC1)C(F)(F)OC1=CC(F)C(F)C(F)=C1. The number of benzene rings is 1. The van der Waals surface area contributed by atoms with Gasteiger partial charge in [0.05, 0.1) is 5.57 Å². The van der Waals surface area contributed by atoms with E-state index in [2.05, 4.69) is 35.9 Å². The van der Waals surface area contributed by atoms with E-state index in [0.717, 1.165) is 17.1 Å². The highest BCUT2D eigenvalue weighted by Crippen LogP contribution is 2.41. The second kappa shape index (κ2) is 11.4. The number of ether oxygens (including phenoxy) is 1. The van der Waals surface area contributed by atoms with Gasteiger partial charge in [-0.1, -0.05) is 63.1 Å². The molecule has 1 nitrogen and oxygen atoms in total. The van der Waals surface area contributed by atoms with E-state index in [-0.39, 0.29) is 12.0 Å². The predicted molar refractivity (Wildman–Crippen MR) is 134 cm³/mol. The third-order valence-corrected chi connectivity index (χ3v) is 7.56. The molecule has 0 amide bonds. The Bertz CT molecular complexity index is 1130. The molecule has 37 heavy (non-hydrogen) atoms. The number of hydrogen-bond acceptors (Lipinski definition) is 1. The zero-order valence-corrected chi connectivity index (χ0v) is 21.1. The van der Waals surface area contributed by atoms with Gasteiger partial charge in [-0.25, -0.2) is 17.6 Å². The van der Waals surface area contributed by atoms with Crippen LogP contribution in [0.4, 0.5) is 26.3 Å². The first kappa shape index (κ1) is 27.3. The van der Waals surface area contributed by atoms with Gasteiger partial charge in [-0.3, -0.25) is 0 Å². The van der Waals surface area contributed by atoms with Crippen molar-refractivity contribution in [1.29, 1.82) is 0 Å². The summed E-state index contributed by atoms with van der Waals surface area (Å²) in [6.07, 6.45) is -0.0155. The summed E-state index contributed by atoms with van der Waals surface area (Å²) >= 11 is 0. The van der Waals surface area contributed by atoms with Crippen LogP contribution in [0, 0.1) is 5.92 Å². The molecule has 1 aromatic rings. The lowest BCUT2D eigenvalue weighted by atomic mass is 9.79. The topological polar surface area (TPSA) is 9.23 Å². The summed E-state index contributed by atoms with van der Waals surface area (Å²) in [4.78, 5) is 0. The second-order valence-corrected chi connectivity index (χ2v) is 10.2. The molecule has 4 rings (SSSR count). The molecule has 3 aliphatic rings. The zero-order chi connectivity index (χ0) is 26.7. The fourth-order valence-corrected chi connectivity index (χ4v) is 5.24. The first-order valence-electron chi connectivity index (χ1n) is 12.9. The number of hydrogen-bond donors (Lipinski definition) is 0. The summed E-state index contributed by atoms with van der Waals surface area (Å²) in [7, 11) is 0. The fraction of sp³-hybridized carbons (Fsp3) is 0.467. The largest absolute Gasteiger partial charge is 0.429 e. The Labute approximate surface area is 214 Å². The number of rotatable bonds is 7. The highest BCUT2D eigenvalue weighted by atomic mass is 19.3. The van der Waals surface area contributed by atoms with Crippen LogP contribution in [0.5, 0.6) is 0 Å². The molecule has 1 fully saturated rings. The van der Waals surface area contributed by atoms with Crippen LogP contribution in [-0.2, 0) is 4.74 Å². The Morgan fingerprint density at radius 2 is 1.68 bits per heavy atom. The summed E-state index contributed by atoms with van der Waals surface area (Å²) in [6, 6.07) is 8.42. The van der Waals surface area contributed by atoms with Crippen molar-refractivity contribution in [2.24, 2.45) is 5.92 Å². The third kappa shape index (κ3) is 6.24. The average molecular weight is 523 g/mol. The average Bonchev–Trinajstić information content (AvgIpc) is 2.88. The summed E-state index contributed by atoms with van der Waals surface area (Å²) < 4.78 is 89.6. The van der Waals surface area contributed by atoms with Crippen molar-refractivity contribution in [2.45, 2.75) is 83.2 Å². The molecule has 2 unspecified atom stereocenters. The van der Waals surface area contributed by atoms with Gasteiger partial charge in [-0.2, -0.15) is 8.78 Å². The van der Waals surface area contributed by atoms with Crippen LogP contribution < -0.4 is 0 Å². The highest BCUT2D eigenvalue weighted by Gasteiger charge is 2.41. The highest BCUT2D eigenvalue weighted by molar-refractivity contribution is 5.69. The molecule has 0 bridgehead atoms. The molecule has 0 aromatic heterocycles. The minimum absolute atomic E-state index is 0.100. The lowest BCUT2D eigenvalue weighted by Crippen LogP contribution is -2.27. The molecular formula is C30H32F6O. The molecule has 1 aromatic carbocycles. The van der Waals surface area contributed by atoms with E-state index in [1.807, 2.05) is 0 Å². The number of allylic oxidation sites excluding steroid dienone is 8. The van der Waals surface area contributed by atoms with E-state index in [4.69, 9.17) is 0 Å². The van der Waals surface area contributed by atoms with E-state index in [9.17, 15) is 22.0 Å². The molecule has 0 radical (unpaired) electrons. The smallest absolute Gasteiger partial charge is 0.425 e. The minimum Gasteiger partial charge on any atom is -0.429 e. The summed E-state index contributed by atoms with van der Waals surface area (Å²) in [5, 5.41) is 0. The van der Waals surface area contributed by atoms with E-state index in [1.54, 1.807) is 6.08 Å². The van der Waals surface area contributed by atoms with Gasteiger partial charge in [-0.15, -0.1) is 0 Å². The predicted octanol–water partition coefficient (Wildman–Crippen LogP) is 9.75. The Morgan fingerprint density at radius 1 is 1.00 bits per heavy atom. The van der Waals surface area contributed by atoms with Crippen molar-refractivity contribution < 1.29 is 31.1 Å². The maximum absolute atomic E-state index is 15.2. The minimum atomic E-state index is -4.16. The molecule has 0 N–H and O–H groups in total. The first-order chi connectivity index (χ1) is 17.6. The van der Waals surface area contributed by atoms with Crippen molar-refractivity contribution in [1.82, 2.24) is 0 Å². The summed E-state index contributed by atoms with van der Waals surface area (Å²) in [5.41, 5.74) is 2.50. The van der Waals surface area contributed by atoms with E-state index in [0.29, 0.717) is 24.5 Å². The van der Waals surface area contributed by atoms with Gasteiger partial charge in [0.25, 0.3) is 0 Å². The fourth-order valence-electron chi connectivity index (χ4n) is 5.24. The van der Waals surface area contributed by atoms with Gasteiger partial charge in [0.15, 0.2) is 12.3 Å². The number of alkyl halides is 4. The molecule has 7 heteroatoms. The van der Waals surface area contributed by atoms with Crippen molar-refractivity contribution >= 4 is 5.57 Å². The molecule has 2 atom stereocenters. The Hall–Kier alpha value is -2.70. The molecule has 0 heterocycles. The second-order valence-electron chi connectivity index (χ2n) is 10.2. The van der Waals surface area contributed by atoms with Gasteiger partial charge in [-0.05, 0) is 72.3 Å². The van der Waals surface area contributed by atoms with E-state index >= 15 is 4.39 Å². The van der Waals surface area contributed by atoms with Crippen molar-refractivity contribution in [3.63, 3.8) is 0 Å². The van der Waals surface area contributed by atoms with Gasteiger partial charge < -0.3 is 4.74 Å². The van der Waals surface area contributed by atoms with Crippen LogP contribution in [0.1, 0.15) is 75.8 Å². The Balaban J connectivity index is 1.49. The van der Waals surface area contributed by atoms with Crippen molar-refractivity contribution in [3.8, 4) is 0 Å². The van der Waals surface area contributed by atoms with Crippen LogP contribution in [0.2, 0.25) is 0 Å². The van der Waals surface area contributed by atoms with E-state index in [1.165, 1.54) is 44.2 Å². The summed E-state index contributed by atoms with van der Waals surface area (Å²) in [5.74, 6) is -2.18. The van der Waals surface area contributed by atoms with Gasteiger partial charge >= 0.3 is 6.11 Å². The van der Waals surface area contributed by atoms with E-state index < -0.39 is 47.9 Å². The Kier molecular flexibility index (Phi) is 8.39. The maximum atomic E-state index is 15.2. The molecule has 3 aliphatic carbocycles. The quantitative estimate of drug-likeness (QED) is 0.324. The standard InChI is InChI=1S/C30H32F6O/c1-3-25(30(35,36)37-24-16-26(31)29(34)27(32)17-24)28(33)23-14-12-22(13-15-23)21-10-8-20(9-11-21)19-6-4-18(2)5-7-19/h8-12,14,16-19,26,29H,3-7,13,15H2,1-2H3/b28-25-. The van der Waals surface area contributed by atoms with Crippen LogP contribution in [0.15, 0.2) is 77.1 Å². The first-order valence-corrected chi connectivity index (χ1v) is 12.9. The number of halogens is 6. The van der Waals surface area contributed by atoms with Crippen LogP contribution in [0.25, 0.3) is 5.57 Å². The van der Waals surface area contributed by atoms with Crippen molar-refractivity contribution in [3.05, 3.63) is 88.3 Å². The van der Waals surface area contributed by atoms with Crippen LogP contribution in [0.3, 0.4) is 0 Å². The van der Waals surface area contributed by atoms with Crippen LogP contribution in [-0.4, -0.2) is 18.5 Å². The Morgan fingerprint density at radius 3 is 2.24 bits per heavy atom. The summed E-state index contributed by atoms with van der Waals surface area (Å²) in [6.45, 7) is 3.63. The molecule has 1 saturated carbocycles. The molecule has 0 aliphatic heterocycles. The third-order valence-electron chi connectivity index (χ3n) is 7.56. The lowest BCUT2D eigenvalue weighted by Gasteiger charge is -2.26. The van der Waals surface area contributed by atoms with Gasteiger partial charge in [0.1, 0.15) is 17.4 Å². The zero-order valence-electron chi connectivity index (χ0n) is 21.1. The molecular weight excluding hydrogens is 490 g/mol. The van der Waals surface area contributed by atoms with Crippen LogP contribution >= 0.6 is 0 Å². The van der Waals surface area contributed by atoms with Gasteiger partial charge in [0, 0.05) is 6.08 Å². The molecule has 0 saturated heterocycles. The monoisotopic (exact) mass is 522 g/mol. The molecule has 200 valence electrons. The molecule has 0 spiro atoms. The lowest BCUT2D eigenvalue weighted by molar-refractivity contribution is -0.182.